The first-order valence-corrected chi connectivity index (χ1v) is 18.7. The van der Waals surface area contributed by atoms with Gasteiger partial charge in [-0.05, 0) is 70.0 Å². The standard InChI is InChI=1S/C37H56N6O7S/c1-24-31(51-23-40-24)26-11-9-25(10-12-26)20-39-33(46)29-19-27(44)21-43(29)34(47)32(36(2,3)4)41-30(45)22-49-28-13-17-42(18-14-28)16-8-15-38-35(48)50-37(5,6)7/h9-12,23,27-29,32,44H,8,13-22H2,1-7H3,(H,38,48)(H,39,46)(H,41,45)/t27-,29+,32-/m1/s1. The van der Waals surface area contributed by atoms with E-state index in [-0.39, 0.29) is 38.1 Å². The number of rotatable bonds is 13. The fourth-order valence-electron chi connectivity index (χ4n) is 6.28. The van der Waals surface area contributed by atoms with E-state index < -0.39 is 47.1 Å². The van der Waals surface area contributed by atoms with E-state index in [0.717, 1.165) is 60.6 Å². The summed E-state index contributed by atoms with van der Waals surface area (Å²) in [5.74, 6) is -1.17. The summed E-state index contributed by atoms with van der Waals surface area (Å²) in [5.41, 5.74) is 3.56. The van der Waals surface area contributed by atoms with Gasteiger partial charge < -0.3 is 40.3 Å². The second-order valence-corrected chi connectivity index (χ2v) is 16.4. The number of aryl methyl sites for hydroxylation is 1. The molecule has 4 rings (SSSR count). The monoisotopic (exact) mass is 728 g/mol. The topological polar surface area (TPSA) is 162 Å². The number of likely N-dealkylation sites (tertiary alicyclic amines) is 2. The van der Waals surface area contributed by atoms with Crippen molar-refractivity contribution in [3.63, 3.8) is 0 Å². The molecule has 1 aromatic heterocycles. The number of β-amino-alcohol motifs (C(OH)–C–C–N with tert-alkyl or cyclic N) is 1. The lowest BCUT2D eigenvalue weighted by atomic mass is 9.85. The molecule has 3 heterocycles. The van der Waals surface area contributed by atoms with Crippen molar-refractivity contribution >= 4 is 35.2 Å². The quantitative estimate of drug-likeness (QED) is 0.226. The molecule has 0 bridgehead atoms. The van der Waals surface area contributed by atoms with Crippen LogP contribution >= 0.6 is 11.3 Å². The Morgan fingerprint density at radius 1 is 1.04 bits per heavy atom. The summed E-state index contributed by atoms with van der Waals surface area (Å²) < 4.78 is 11.2. The molecule has 0 unspecified atom stereocenters. The van der Waals surface area contributed by atoms with Crippen LogP contribution in [0.5, 0.6) is 0 Å². The van der Waals surface area contributed by atoms with Gasteiger partial charge >= 0.3 is 6.09 Å². The molecule has 0 spiro atoms. The molecular weight excluding hydrogens is 673 g/mol. The van der Waals surface area contributed by atoms with Crippen LogP contribution in [0.15, 0.2) is 29.8 Å². The molecule has 0 aliphatic carbocycles. The number of aliphatic hydroxyl groups excluding tert-OH is 1. The second-order valence-electron chi connectivity index (χ2n) is 15.6. The molecule has 2 saturated heterocycles. The van der Waals surface area contributed by atoms with Gasteiger partial charge in [-0.1, -0.05) is 45.0 Å². The average molecular weight is 729 g/mol. The number of carbonyl (C=O) groups is 4. The molecule has 2 fully saturated rings. The minimum absolute atomic E-state index is 0.00834. The summed E-state index contributed by atoms with van der Waals surface area (Å²) in [6.45, 7) is 16.1. The number of hydrogen-bond acceptors (Lipinski definition) is 10. The number of thiazole rings is 1. The Morgan fingerprint density at radius 3 is 2.33 bits per heavy atom. The van der Waals surface area contributed by atoms with Gasteiger partial charge in [0.1, 0.15) is 24.3 Å². The summed E-state index contributed by atoms with van der Waals surface area (Å²) >= 11 is 1.58. The molecule has 2 aromatic rings. The van der Waals surface area contributed by atoms with Gasteiger partial charge in [-0.25, -0.2) is 9.78 Å². The van der Waals surface area contributed by atoms with E-state index in [1.807, 2.05) is 78.2 Å². The summed E-state index contributed by atoms with van der Waals surface area (Å²) in [4.78, 5) is 61.3. The summed E-state index contributed by atoms with van der Waals surface area (Å²) in [6, 6.07) is 6.12. The van der Waals surface area contributed by atoms with Gasteiger partial charge in [0, 0.05) is 39.1 Å². The first-order chi connectivity index (χ1) is 24.0. The Balaban J connectivity index is 1.22. The highest BCUT2D eigenvalue weighted by molar-refractivity contribution is 7.13. The molecule has 0 radical (unpaired) electrons. The fourth-order valence-corrected chi connectivity index (χ4v) is 7.10. The van der Waals surface area contributed by atoms with Crippen LogP contribution in [0, 0.1) is 12.3 Å². The van der Waals surface area contributed by atoms with Crippen molar-refractivity contribution in [1.29, 1.82) is 0 Å². The highest BCUT2D eigenvalue weighted by Crippen LogP contribution is 2.28. The molecule has 2 aliphatic heterocycles. The number of amides is 4. The number of aliphatic hydroxyl groups is 1. The molecule has 282 valence electrons. The Kier molecular flexibility index (Phi) is 14.0. The maximum absolute atomic E-state index is 13.9. The lowest BCUT2D eigenvalue weighted by Crippen LogP contribution is -2.58. The van der Waals surface area contributed by atoms with Gasteiger partial charge in [0.05, 0.1) is 28.3 Å². The smallest absolute Gasteiger partial charge is 0.407 e. The van der Waals surface area contributed by atoms with Crippen LogP contribution in [0.4, 0.5) is 4.79 Å². The van der Waals surface area contributed by atoms with Crippen molar-refractivity contribution in [3.05, 3.63) is 41.0 Å². The van der Waals surface area contributed by atoms with Crippen LogP contribution in [0.25, 0.3) is 10.4 Å². The van der Waals surface area contributed by atoms with Gasteiger partial charge in [-0.2, -0.15) is 0 Å². The third-order valence-electron chi connectivity index (χ3n) is 9.02. The summed E-state index contributed by atoms with van der Waals surface area (Å²) in [5, 5.41) is 19.1. The lowest BCUT2D eigenvalue weighted by Gasteiger charge is -2.35. The molecule has 3 atom stereocenters. The Morgan fingerprint density at radius 2 is 1.73 bits per heavy atom. The maximum atomic E-state index is 13.9. The molecule has 51 heavy (non-hydrogen) atoms. The van der Waals surface area contributed by atoms with Gasteiger partial charge in [-0.3, -0.25) is 14.4 Å². The average Bonchev–Trinajstić information content (AvgIpc) is 3.68. The minimum Gasteiger partial charge on any atom is -0.444 e. The van der Waals surface area contributed by atoms with Crippen molar-refractivity contribution in [2.24, 2.45) is 5.41 Å². The van der Waals surface area contributed by atoms with Crippen LogP contribution < -0.4 is 16.0 Å². The van der Waals surface area contributed by atoms with E-state index in [9.17, 15) is 24.3 Å². The van der Waals surface area contributed by atoms with Crippen molar-refractivity contribution in [2.75, 3.05) is 39.3 Å². The van der Waals surface area contributed by atoms with Gasteiger partial charge in [0.25, 0.3) is 0 Å². The largest absolute Gasteiger partial charge is 0.444 e. The third kappa shape index (κ3) is 12.3. The van der Waals surface area contributed by atoms with Crippen LogP contribution in [-0.2, 0) is 30.4 Å². The van der Waals surface area contributed by atoms with Crippen LogP contribution in [-0.4, -0.2) is 113 Å². The second kappa shape index (κ2) is 17.8. The third-order valence-corrected chi connectivity index (χ3v) is 9.99. The van der Waals surface area contributed by atoms with Crippen molar-refractivity contribution in [3.8, 4) is 10.4 Å². The predicted molar refractivity (Wildman–Crippen MR) is 196 cm³/mol. The number of carbonyl (C=O) groups excluding carboxylic acids is 4. The number of hydrogen-bond donors (Lipinski definition) is 4. The number of nitrogens with one attached hydrogen (secondary N) is 3. The van der Waals surface area contributed by atoms with Crippen molar-refractivity contribution < 1.29 is 33.8 Å². The Hall–Kier alpha value is -3.59. The zero-order valence-electron chi connectivity index (χ0n) is 31.1. The number of benzene rings is 1. The highest BCUT2D eigenvalue weighted by Gasteiger charge is 2.44. The Bertz CT molecular complexity index is 1480. The van der Waals surface area contributed by atoms with Crippen LogP contribution in [0.2, 0.25) is 0 Å². The van der Waals surface area contributed by atoms with Gasteiger partial charge in [0.15, 0.2) is 0 Å². The number of aromatic nitrogens is 1. The molecular formula is C37H56N6O7S. The molecule has 4 N–H and O–H groups in total. The van der Waals surface area contributed by atoms with Crippen molar-refractivity contribution in [2.45, 2.75) is 111 Å². The number of ether oxygens (including phenoxy) is 2. The zero-order chi connectivity index (χ0) is 37.3. The molecule has 13 nitrogen and oxygen atoms in total. The van der Waals surface area contributed by atoms with E-state index in [1.54, 1.807) is 11.3 Å². The summed E-state index contributed by atoms with van der Waals surface area (Å²) in [7, 11) is 0. The minimum atomic E-state index is -0.923. The first-order valence-electron chi connectivity index (χ1n) is 17.9. The Labute approximate surface area is 305 Å². The number of piperidine rings is 1. The first kappa shape index (κ1) is 40.2. The fraction of sp³-hybridized carbons (Fsp3) is 0.649. The van der Waals surface area contributed by atoms with Crippen LogP contribution in [0.3, 0.4) is 0 Å². The normalized spacial score (nSPS) is 19.4. The SMILES string of the molecule is Cc1ncsc1-c1ccc(CNC(=O)[C@@H]2C[C@@H](O)CN2C(=O)[C@@H](NC(=O)COC2CCN(CCCNC(=O)OC(C)(C)C)CC2)C(C)(C)C)cc1. The predicted octanol–water partition coefficient (Wildman–Crippen LogP) is 3.62. The highest BCUT2D eigenvalue weighted by atomic mass is 32.1. The zero-order valence-corrected chi connectivity index (χ0v) is 31.9. The van der Waals surface area contributed by atoms with E-state index in [4.69, 9.17) is 9.47 Å². The molecule has 0 saturated carbocycles. The number of alkyl carbamates (subject to hydrolysis) is 1. The summed E-state index contributed by atoms with van der Waals surface area (Å²) in [6.07, 6.45) is 1.12. The van der Waals surface area contributed by atoms with Crippen molar-refractivity contribution in [1.82, 2.24) is 30.7 Å². The maximum Gasteiger partial charge on any atom is 0.407 e. The van der Waals surface area contributed by atoms with Crippen LogP contribution in [0.1, 0.15) is 78.5 Å². The molecule has 14 heteroatoms. The van der Waals surface area contributed by atoms with E-state index in [1.165, 1.54) is 4.90 Å². The molecule has 4 amide bonds. The van der Waals surface area contributed by atoms with E-state index >= 15 is 0 Å². The van der Waals surface area contributed by atoms with Gasteiger partial charge in [0.2, 0.25) is 17.7 Å². The number of nitrogens with zero attached hydrogens (tertiary/aromatic N) is 3. The molecule has 1 aromatic carbocycles. The van der Waals surface area contributed by atoms with Gasteiger partial charge in [-0.15, -0.1) is 11.3 Å². The molecule has 2 aliphatic rings. The lowest BCUT2D eigenvalue weighted by molar-refractivity contribution is -0.145. The van der Waals surface area contributed by atoms with E-state index in [0.29, 0.717) is 6.54 Å². The van der Waals surface area contributed by atoms with E-state index in [2.05, 4.69) is 25.8 Å².